The quantitative estimate of drug-likeness (QED) is 0.910. The van der Waals surface area contributed by atoms with Crippen molar-refractivity contribution >= 4 is 15.7 Å². The van der Waals surface area contributed by atoms with Crippen LogP contribution in [-0.4, -0.2) is 13.5 Å². The molecule has 1 atom stereocenters. The van der Waals surface area contributed by atoms with E-state index in [1.165, 1.54) is 0 Å². The van der Waals surface area contributed by atoms with Gasteiger partial charge in [-0.2, -0.15) is 0 Å². The molecule has 0 aliphatic carbocycles. The molecular formula is C15H17NO3S. The van der Waals surface area contributed by atoms with Gasteiger partial charge < -0.3 is 5.11 Å². The lowest BCUT2D eigenvalue weighted by Crippen LogP contribution is -2.14. The highest BCUT2D eigenvalue weighted by atomic mass is 32.2. The van der Waals surface area contributed by atoms with Crippen LogP contribution in [-0.2, 0) is 10.0 Å². The Bertz CT molecular complexity index is 691. The van der Waals surface area contributed by atoms with E-state index in [0.29, 0.717) is 11.3 Å². The highest BCUT2D eigenvalue weighted by Gasteiger charge is 2.16. The molecule has 2 N–H and O–H groups in total. The molecule has 0 aliphatic heterocycles. The zero-order chi connectivity index (χ0) is 14.8. The summed E-state index contributed by atoms with van der Waals surface area (Å²) in [6.45, 7) is 3.41. The van der Waals surface area contributed by atoms with Crippen molar-refractivity contribution in [2.45, 2.75) is 24.8 Å². The first-order valence-electron chi connectivity index (χ1n) is 6.26. The molecule has 0 heterocycles. The Kier molecular flexibility index (Phi) is 4.11. The number of hydrogen-bond acceptors (Lipinski definition) is 3. The van der Waals surface area contributed by atoms with Gasteiger partial charge in [0.25, 0.3) is 10.0 Å². The number of benzene rings is 2. The van der Waals surface area contributed by atoms with Crippen LogP contribution in [0.4, 0.5) is 5.69 Å². The number of sulfonamides is 1. The van der Waals surface area contributed by atoms with Gasteiger partial charge in [-0.1, -0.05) is 30.3 Å². The third kappa shape index (κ3) is 3.18. The highest BCUT2D eigenvalue weighted by molar-refractivity contribution is 7.92. The predicted molar refractivity (Wildman–Crippen MR) is 79.1 cm³/mol. The fourth-order valence-corrected chi connectivity index (χ4v) is 3.20. The number of aliphatic hydroxyl groups excluding tert-OH is 1. The molecule has 5 heteroatoms. The van der Waals surface area contributed by atoms with Crippen molar-refractivity contribution in [3.63, 3.8) is 0 Å². The zero-order valence-corrected chi connectivity index (χ0v) is 12.2. The Hall–Kier alpha value is -1.85. The molecule has 0 fully saturated rings. The molecular weight excluding hydrogens is 274 g/mol. The maximum absolute atomic E-state index is 12.3. The topological polar surface area (TPSA) is 66.4 Å². The largest absolute Gasteiger partial charge is 0.389 e. The maximum Gasteiger partial charge on any atom is 0.262 e. The maximum atomic E-state index is 12.3. The van der Waals surface area contributed by atoms with Gasteiger partial charge in [-0.05, 0) is 43.2 Å². The van der Waals surface area contributed by atoms with Gasteiger partial charge in [-0.15, -0.1) is 0 Å². The Morgan fingerprint density at radius 2 is 1.65 bits per heavy atom. The van der Waals surface area contributed by atoms with Gasteiger partial charge in [0.05, 0.1) is 11.0 Å². The van der Waals surface area contributed by atoms with E-state index >= 15 is 0 Å². The number of hydrogen-bond donors (Lipinski definition) is 2. The van der Waals surface area contributed by atoms with Crippen molar-refractivity contribution < 1.29 is 13.5 Å². The van der Waals surface area contributed by atoms with Crippen molar-refractivity contribution in [1.29, 1.82) is 0 Å². The molecule has 106 valence electrons. The van der Waals surface area contributed by atoms with E-state index in [1.807, 2.05) is 0 Å². The van der Waals surface area contributed by atoms with Crippen LogP contribution in [0.2, 0.25) is 0 Å². The van der Waals surface area contributed by atoms with Crippen molar-refractivity contribution in [3.05, 3.63) is 59.7 Å². The van der Waals surface area contributed by atoms with Gasteiger partial charge in [0.15, 0.2) is 0 Å². The number of anilines is 1. The first kappa shape index (κ1) is 14.6. The Balaban J connectivity index is 2.27. The monoisotopic (exact) mass is 291 g/mol. The molecule has 1 unspecified atom stereocenters. The van der Waals surface area contributed by atoms with Crippen LogP contribution < -0.4 is 4.72 Å². The van der Waals surface area contributed by atoms with E-state index in [1.54, 1.807) is 62.4 Å². The van der Waals surface area contributed by atoms with Crippen molar-refractivity contribution in [2.75, 3.05) is 4.72 Å². The van der Waals surface area contributed by atoms with Crippen molar-refractivity contribution in [3.8, 4) is 0 Å². The van der Waals surface area contributed by atoms with Gasteiger partial charge in [0, 0.05) is 5.69 Å². The van der Waals surface area contributed by atoms with Gasteiger partial charge >= 0.3 is 0 Å². The SMILES string of the molecule is Cc1ccccc1S(=O)(=O)Nc1ccc(C(C)O)cc1. The first-order valence-corrected chi connectivity index (χ1v) is 7.75. The lowest BCUT2D eigenvalue weighted by Gasteiger charge is -2.11. The van der Waals surface area contributed by atoms with Gasteiger partial charge in [0.2, 0.25) is 0 Å². The molecule has 0 saturated carbocycles. The molecule has 0 radical (unpaired) electrons. The first-order chi connectivity index (χ1) is 9.40. The second-order valence-corrected chi connectivity index (χ2v) is 6.32. The zero-order valence-electron chi connectivity index (χ0n) is 11.4. The second kappa shape index (κ2) is 5.64. The summed E-state index contributed by atoms with van der Waals surface area (Å²) in [5, 5.41) is 9.42. The molecule has 4 nitrogen and oxygen atoms in total. The average Bonchev–Trinajstić information content (AvgIpc) is 2.39. The fraction of sp³-hybridized carbons (Fsp3) is 0.200. The van der Waals surface area contributed by atoms with Gasteiger partial charge in [-0.3, -0.25) is 4.72 Å². The summed E-state index contributed by atoms with van der Waals surface area (Å²) in [6.07, 6.45) is -0.572. The van der Waals surface area contributed by atoms with Crippen LogP contribution in [0.25, 0.3) is 0 Å². The average molecular weight is 291 g/mol. The summed E-state index contributed by atoms with van der Waals surface area (Å²) in [5.41, 5.74) is 1.90. The molecule has 0 saturated heterocycles. The Labute approximate surface area is 119 Å². The third-order valence-corrected chi connectivity index (χ3v) is 4.57. The van der Waals surface area contributed by atoms with Crippen LogP contribution in [0.5, 0.6) is 0 Å². The van der Waals surface area contributed by atoms with E-state index in [4.69, 9.17) is 0 Å². The van der Waals surface area contributed by atoms with Crippen LogP contribution in [0.3, 0.4) is 0 Å². The summed E-state index contributed by atoms with van der Waals surface area (Å²) in [4.78, 5) is 0.264. The minimum absolute atomic E-state index is 0.264. The standard InChI is InChI=1S/C15H17NO3S/c1-11-5-3-4-6-15(11)20(18,19)16-14-9-7-13(8-10-14)12(2)17/h3-10,12,16-17H,1-2H3. The summed E-state index contributed by atoms with van der Waals surface area (Å²) >= 11 is 0. The fourth-order valence-electron chi connectivity index (χ4n) is 1.90. The summed E-state index contributed by atoms with van der Waals surface area (Å²) in [5.74, 6) is 0. The van der Waals surface area contributed by atoms with E-state index in [0.717, 1.165) is 5.56 Å². The lowest BCUT2D eigenvalue weighted by atomic mass is 10.1. The van der Waals surface area contributed by atoms with E-state index < -0.39 is 16.1 Å². The lowest BCUT2D eigenvalue weighted by molar-refractivity contribution is 0.199. The summed E-state index contributed by atoms with van der Waals surface area (Å²) in [6, 6.07) is 13.5. The number of aliphatic hydroxyl groups is 1. The number of aryl methyl sites for hydroxylation is 1. The second-order valence-electron chi connectivity index (χ2n) is 4.67. The minimum Gasteiger partial charge on any atom is -0.389 e. The van der Waals surface area contributed by atoms with Gasteiger partial charge in [0.1, 0.15) is 0 Å². The molecule has 0 bridgehead atoms. The van der Waals surface area contributed by atoms with E-state index in [9.17, 15) is 13.5 Å². The smallest absolute Gasteiger partial charge is 0.262 e. The van der Waals surface area contributed by atoms with Crippen LogP contribution in [0.1, 0.15) is 24.2 Å². The molecule has 2 aromatic rings. The summed E-state index contributed by atoms with van der Waals surface area (Å²) in [7, 11) is -3.59. The Morgan fingerprint density at radius 1 is 1.05 bits per heavy atom. The number of rotatable bonds is 4. The summed E-state index contributed by atoms with van der Waals surface area (Å²) < 4.78 is 27.1. The molecule has 0 aliphatic rings. The third-order valence-electron chi connectivity index (χ3n) is 3.03. The molecule has 0 aromatic heterocycles. The molecule has 20 heavy (non-hydrogen) atoms. The van der Waals surface area contributed by atoms with Gasteiger partial charge in [-0.25, -0.2) is 8.42 Å². The number of nitrogens with one attached hydrogen (secondary N) is 1. The van der Waals surface area contributed by atoms with Crippen molar-refractivity contribution in [2.24, 2.45) is 0 Å². The van der Waals surface area contributed by atoms with Crippen LogP contribution in [0, 0.1) is 6.92 Å². The van der Waals surface area contributed by atoms with Crippen LogP contribution in [0.15, 0.2) is 53.4 Å². The Morgan fingerprint density at radius 3 is 2.20 bits per heavy atom. The van der Waals surface area contributed by atoms with E-state index in [-0.39, 0.29) is 4.90 Å². The molecule has 2 aromatic carbocycles. The van der Waals surface area contributed by atoms with E-state index in [2.05, 4.69) is 4.72 Å². The molecule has 2 rings (SSSR count). The molecule has 0 amide bonds. The van der Waals surface area contributed by atoms with Crippen LogP contribution >= 0.6 is 0 Å². The minimum atomic E-state index is -3.59. The predicted octanol–water partition coefficient (Wildman–Crippen LogP) is 2.85. The normalized spacial score (nSPS) is 12.9. The highest BCUT2D eigenvalue weighted by Crippen LogP contribution is 2.20. The molecule has 0 spiro atoms. The van der Waals surface area contributed by atoms with Crippen molar-refractivity contribution in [1.82, 2.24) is 0 Å².